The van der Waals surface area contributed by atoms with Crippen molar-refractivity contribution in [2.24, 2.45) is 0 Å². The van der Waals surface area contributed by atoms with Gasteiger partial charge in [-0.2, -0.15) is 0 Å². The number of hydrogen-bond acceptors (Lipinski definition) is 6. The van der Waals surface area contributed by atoms with Gasteiger partial charge in [0.15, 0.2) is 5.76 Å². The number of fused-ring (bicyclic) bond motifs is 1. The lowest BCUT2D eigenvalue weighted by Crippen LogP contribution is -2.15. The molecule has 29 heavy (non-hydrogen) atoms. The summed E-state index contributed by atoms with van der Waals surface area (Å²) in [6.45, 7) is 1.79. The van der Waals surface area contributed by atoms with Gasteiger partial charge in [0, 0.05) is 0 Å². The van der Waals surface area contributed by atoms with Crippen molar-refractivity contribution in [3.05, 3.63) is 89.6 Å². The number of hydrogen-bond donors (Lipinski definition) is 1. The average Bonchev–Trinajstić information content (AvgIpc) is 3.27. The van der Waals surface area contributed by atoms with Crippen LogP contribution in [-0.4, -0.2) is 21.8 Å². The Morgan fingerprint density at radius 1 is 0.966 bits per heavy atom. The second kappa shape index (κ2) is 7.93. The van der Waals surface area contributed by atoms with Crippen molar-refractivity contribution in [1.29, 1.82) is 0 Å². The van der Waals surface area contributed by atoms with Crippen molar-refractivity contribution in [3.8, 4) is 0 Å². The van der Waals surface area contributed by atoms with E-state index in [1.54, 1.807) is 30.3 Å². The van der Waals surface area contributed by atoms with Crippen molar-refractivity contribution in [1.82, 2.24) is 9.97 Å². The molecule has 0 bridgehead atoms. The van der Waals surface area contributed by atoms with E-state index < -0.39 is 11.9 Å². The molecule has 0 atom stereocenters. The Balaban J connectivity index is 1.51. The van der Waals surface area contributed by atoms with E-state index in [0.29, 0.717) is 17.1 Å². The number of esters is 1. The molecule has 2 aromatic carbocycles. The largest absolute Gasteiger partial charge is 0.459 e. The summed E-state index contributed by atoms with van der Waals surface area (Å²) in [7, 11) is 0. The second-order valence-electron chi connectivity index (χ2n) is 6.30. The van der Waals surface area contributed by atoms with Crippen LogP contribution in [0, 0.1) is 6.92 Å². The quantitative estimate of drug-likeness (QED) is 0.517. The van der Waals surface area contributed by atoms with Crippen LogP contribution >= 0.6 is 0 Å². The standard InChI is InChI=1S/C22H17N3O4/c1-14-19(24-18-10-5-4-9-17(18)23-14)13-29-22(27)15-7-2-3-8-16(15)25-21(26)20-11-6-12-28-20/h2-12H,13H2,1H3,(H,25,26). The van der Waals surface area contributed by atoms with Gasteiger partial charge < -0.3 is 14.5 Å². The molecule has 0 aliphatic rings. The maximum atomic E-state index is 12.6. The Kier molecular flexibility index (Phi) is 5.03. The topological polar surface area (TPSA) is 94.3 Å². The van der Waals surface area contributed by atoms with E-state index in [4.69, 9.17) is 9.15 Å². The Morgan fingerprint density at radius 3 is 2.45 bits per heavy atom. The fourth-order valence-corrected chi connectivity index (χ4v) is 2.83. The average molecular weight is 387 g/mol. The predicted molar refractivity (Wildman–Crippen MR) is 106 cm³/mol. The molecule has 2 heterocycles. The number of para-hydroxylation sites is 3. The third-order valence-electron chi connectivity index (χ3n) is 4.32. The molecule has 2 aromatic heterocycles. The zero-order chi connectivity index (χ0) is 20.2. The molecule has 0 aliphatic heterocycles. The van der Waals surface area contributed by atoms with Gasteiger partial charge in [0.2, 0.25) is 0 Å². The van der Waals surface area contributed by atoms with Crippen molar-refractivity contribution in [3.63, 3.8) is 0 Å². The molecule has 7 heteroatoms. The molecule has 7 nitrogen and oxygen atoms in total. The zero-order valence-corrected chi connectivity index (χ0v) is 15.6. The summed E-state index contributed by atoms with van der Waals surface area (Å²) in [5.74, 6) is -0.878. The number of nitrogens with one attached hydrogen (secondary N) is 1. The van der Waals surface area contributed by atoms with E-state index in [-0.39, 0.29) is 17.9 Å². The minimum atomic E-state index is -0.574. The maximum absolute atomic E-state index is 12.6. The monoisotopic (exact) mass is 387 g/mol. The number of furan rings is 1. The Bertz CT molecular complexity index is 1190. The normalized spacial score (nSPS) is 10.7. The fourth-order valence-electron chi connectivity index (χ4n) is 2.83. The predicted octanol–water partition coefficient (Wildman–Crippen LogP) is 4.14. The summed E-state index contributed by atoms with van der Waals surface area (Å²) in [5.41, 5.74) is 3.35. The molecule has 4 aromatic rings. The Labute approximate surface area is 166 Å². The van der Waals surface area contributed by atoms with E-state index in [1.165, 1.54) is 12.3 Å². The van der Waals surface area contributed by atoms with Crippen LogP contribution in [0.3, 0.4) is 0 Å². The van der Waals surface area contributed by atoms with E-state index in [1.807, 2.05) is 31.2 Å². The van der Waals surface area contributed by atoms with Gasteiger partial charge in [0.25, 0.3) is 5.91 Å². The molecule has 0 unspecified atom stereocenters. The van der Waals surface area contributed by atoms with Gasteiger partial charge in [-0.05, 0) is 43.3 Å². The molecule has 144 valence electrons. The summed E-state index contributed by atoms with van der Waals surface area (Å²) in [6.07, 6.45) is 1.40. The first kappa shape index (κ1) is 18.4. The number of amides is 1. The minimum Gasteiger partial charge on any atom is -0.459 e. The van der Waals surface area contributed by atoms with Crippen LogP contribution in [0.5, 0.6) is 0 Å². The number of carbonyl (C=O) groups excluding carboxylic acids is 2. The van der Waals surface area contributed by atoms with Crippen molar-refractivity contribution >= 4 is 28.6 Å². The van der Waals surface area contributed by atoms with Gasteiger partial charge in [-0.15, -0.1) is 0 Å². The van der Waals surface area contributed by atoms with Crippen LogP contribution in [0.1, 0.15) is 32.3 Å². The molecule has 0 spiro atoms. The van der Waals surface area contributed by atoms with Crippen LogP contribution in [0.2, 0.25) is 0 Å². The third-order valence-corrected chi connectivity index (χ3v) is 4.32. The molecule has 0 saturated heterocycles. The molecule has 0 fully saturated rings. The lowest BCUT2D eigenvalue weighted by molar-refractivity contribution is 0.0468. The summed E-state index contributed by atoms with van der Waals surface area (Å²) >= 11 is 0. The highest BCUT2D eigenvalue weighted by Gasteiger charge is 2.17. The van der Waals surface area contributed by atoms with Gasteiger partial charge >= 0.3 is 5.97 Å². The van der Waals surface area contributed by atoms with Crippen LogP contribution in [0.15, 0.2) is 71.3 Å². The number of ether oxygens (including phenoxy) is 1. The smallest absolute Gasteiger partial charge is 0.340 e. The summed E-state index contributed by atoms with van der Waals surface area (Å²) in [4.78, 5) is 33.9. The third kappa shape index (κ3) is 3.98. The molecule has 0 radical (unpaired) electrons. The molecule has 1 N–H and O–H groups in total. The molecular formula is C22H17N3O4. The number of aromatic nitrogens is 2. The lowest BCUT2D eigenvalue weighted by atomic mass is 10.1. The fraction of sp³-hybridized carbons (Fsp3) is 0.0909. The molecule has 0 saturated carbocycles. The zero-order valence-electron chi connectivity index (χ0n) is 15.6. The maximum Gasteiger partial charge on any atom is 0.340 e. The molecule has 0 aliphatic carbocycles. The second-order valence-corrected chi connectivity index (χ2v) is 6.30. The van der Waals surface area contributed by atoms with Gasteiger partial charge in [-0.25, -0.2) is 14.8 Å². The van der Waals surface area contributed by atoms with E-state index in [9.17, 15) is 9.59 Å². The van der Waals surface area contributed by atoms with Crippen molar-refractivity contribution in [2.75, 3.05) is 5.32 Å². The highest BCUT2D eigenvalue weighted by molar-refractivity contribution is 6.06. The van der Waals surface area contributed by atoms with Crippen LogP contribution < -0.4 is 5.32 Å². The summed E-state index contributed by atoms with van der Waals surface area (Å²) in [6, 6.07) is 17.3. The Morgan fingerprint density at radius 2 is 1.69 bits per heavy atom. The summed E-state index contributed by atoms with van der Waals surface area (Å²) in [5, 5.41) is 2.67. The van der Waals surface area contributed by atoms with Crippen LogP contribution in [-0.2, 0) is 11.3 Å². The number of anilines is 1. The molecule has 1 amide bonds. The number of benzene rings is 2. The highest BCUT2D eigenvalue weighted by atomic mass is 16.5. The first-order valence-corrected chi connectivity index (χ1v) is 8.95. The number of rotatable bonds is 5. The number of carbonyl (C=O) groups is 2. The van der Waals surface area contributed by atoms with E-state index >= 15 is 0 Å². The van der Waals surface area contributed by atoms with Crippen molar-refractivity contribution in [2.45, 2.75) is 13.5 Å². The van der Waals surface area contributed by atoms with Gasteiger partial charge in [-0.3, -0.25) is 4.79 Å². The van der Waals surface area contributed by atoms with Crippen molar-refractivity contribution < 1.29 is 18.7 Å². The van der Waals surface area contributed by atoms with E-state index in [2.05, 4.69) is 15.3 Å². The first-order chi connectivity index (χ1) is 14.1. The van der Waals surface area contributed by atoms with Gasteiger partial charge in [0.1, 0.15) is 6.61 Å². The van der Waals surface area contributed by atoms with Crippen LogP contribution in [0.25, 0.3) is 11.0 Å². The van der Waals surface area contributed by atoms with Gasteiger partial charge in [0.05, 0.1) is 39.9 Å². The highest BCUT2D eigenvalue weighted by Crippen LogP contribution is 2.19. The molecule has 4 rings (SSSR count). The van der Waals surface area contributed by atoms with E-state index in [0.717, 1.165) is 11.0 Å². The summed E-state index contributed by atoms with van der Waals surface area (Å²) < 4.78 is 10.5. The lowest BCUT2D eigenvalue weighted by Gasteiger charge is -2.11. The molecular weight excluding hydrogens is 370 g/mol. The first-order valence-electron chi connectivity index (χ1n) is 8.95. The van der Waals surface area contributed by atoms with Crippen LogP contribution in [0.4, 0.5) is 5.69 Å². The van der Waals surface area contributed by atoms with Gasteiger partial charge in [-0.1, -0.05) is 24.3 Å². The minimum absolute atomic E-state index is 0.0248. The Hall–Kier alpha value is -4.00. The number of aryl methyl sites for hydroxylation is 1. The number of nitrogens with zero attached hydrogens (tertiary/aromatic N) is 2. The SMILES string of the molecule is Cc1nc2ccccc2nc1COC(=O)c1ccccc1NC(=O)c1ccco1.